The highest BCUT2D eigenvalue weighted by Crippen LogP contribution is 2.32. The van der Waals surface area contributed by atoms with Gasteiger partial charge in [0.05, 0.1) is 10.6 Å². The zero-order chi connectivity index (χ0) is 26.2. The van der Waals surface area contributed by atoms with Crippen LogP contribution in [0.4, 0.5) is 21.9 Å². The van der Waals surface area contributed by atoms with Gasteiger partial charge in [-0.25, -0.2) is 13.2 Å². The number of para-hydroxylation sites is 1. The molecule has 10 heteroatoms. The van der Waals surface area contributed by atoms with Crippen LogP contribution in [0, 0.1) is 0 Å². The molecule has 0 spiro atoms. The molecule has 0 atom stereocenters. The number of hydrogen-bond donors (Lipinski definition) is 1. The number of sulfonamides is 1. The summed E-state index contributed by atoms with van der Waals surface area (Å²) in [6.07, 6.45) is 0.545. The molecule has 0 aliphatic carbocycles. The molecule has 192 valence electrons. The fourth-order valence-electron chi connectivity index (χ4n) is 4.84. The van der Waals surface area contributed by atoms with Crippen molar-refractivity contribution < 1.29 is 18.0 Å². The largest absolute Gasteiger partial charge is 0.369 e. The molecule has 3 aromatic carbocycles. The van der Waals surface area contributed by atoms with Gasteiger partial charge in [-0.1, -0.05) is 29.8 Å². The van der Waals surface area contributed by atoms with Crippen LogP contribution < -0.4 is 15.1 Å². The van der Waals surface area contributed by atoms with Crippen molar-refractivity contribution in [3.8, 4) is 0 Å². The van der Waals surface area contributed by atoms with Crippen LogP contribution in [0.25, 0.3) is 0 Å². The third-order valence-corrected chi connectivity index (χ3v) is 8.92. The molecule has 2 heterocycles. The predicted octanol–water partition coefficient (Wildman–Crippen LogP) is 4.65. The van der Waals surface area contributed by atoms with E-state index in [1.54, 1.807) is 47.4 Å². The van der Waals surface area contributed by atoms with Crippen LogP contribution in [0.2, 0.25) is 5.02 Å². The zero-order valence-electron chi connectivity index (χ0n) is 20.4. The lowest BCUT2D eigenvalue weighted by Crippen LogP contribution is -2.48. The van der Waals surface area contributed by atoms with Gasteiger partial charge in [-0.15, -0.1) is 0 Å². The lowest BCUT2D eigenvalue weighted by Gasteiger charge is -2.35. The molecule has 1 saturated heterocycles. The van der Waals surface area contributed by atoms with Gasteiger partial charge in [-0.2, -0.15) is 4.31 Å². The molecule has 0 saturated carbocycles. The van der Waals surface area contributed by atoms with Crippen LogP contribution in [0.15, 0.2) is 71.6 Å². The normalized spacial score (nSPS) is 15.9. The number of benzene rings is 3. The standard InChI is InChI=1S/C27H27ClN4O4S/c1-19(33)24-7-2-3-8-25(24)29-27(34)32-12-11-20-17-23(9-10-26(20)32)37(35,36)31-15-13-30(14-16-31)22-6-4-5-21(28)18-22/h2-10,17-18H,11-16H2,1H3,(H,29,34). The molecular formula is C27H27ClN4O4S. The van der Waals surface area contributed by atoms with Crippen LogP contribution in [0.5, 0.6) is 0 Å². The molecule has 1 N–H and O–H groups in total. The number of carbonyl (C=O) groups is 2. The number of carbonyl (C=O) groups excluding carboxylic acids is 2. The van der Waals surface area contributed by atoms with E-state index in [0.717, 1.165) is 11.3 Å². The number of nitrogens with zero attached hydrogens (tertiary/aromatic N) is 3. The van der Waals surface area contributed by atoms with Crippen LogP contribution in [-0.2, 0) is 16.4 Å². The van der Waals surface area contributed by atoms with Crippen molar-refractivity contribution >= 4 is 50.5 Å². The minimum absolute atomic E-state index is 0.138. The first-order valence-electron chi connectivity index (χ1n) is 12.1. The SMILES string of the molecule is CC(=O)c1ccccc1NC(=O)N1CCc2cc(S(=O)(=O)N3CCN(c4cccc(Cl)c4)CC3)ccc21. The summed E-state index contributed by atoms with van der Waals surface area (Å²) in [6, 6.07) is 19.0. The Balaban J connectivity index is 1.29. The molecule has 2 aliphatic rings. The highest BCUT2D eigenvalue weighted by Gasteiger charge is 2.31. The summed E-state index contributed by atoms with van der Waals surface area (Å²) in [5.74, 6) is -0.138. The maximum Gasteiger partial charge on any atom is 0.326 e. The molecule has 0 unspecified atom stereocenters. The summed E-state index contributed by atoms with van der Waals surface area (Å²) in [5.41, 5.74) is 3.33. The van der Waals surface area contributed by atoms with E-state index in [1.807, 2.05) is 24.3 Å². The van der Waals surface area contributed by atoms with Crippen molar-refractivity contribution in [1.29, 1.82) is 0 Å². The molecule has 2 amide bonds. The average molecular weight is 539 g/mol. The number of hydrogen-bond acceptors (Lipinski definition) is 5. The number of fused-ring (bicyclic) bond motifs is 1. The first kappa shape index (κ1) is 25.3. The van der Waals surface area contributed by atoms with E-state index < -0.39 is 10.0 Å². The van der Waals surface area contributed by atoms with Crippen molar-refractivity contribution in [2.24, 2.45) is 0 Å². The Hall–Kier alpha value is -3.40. The number of halogens is 1. The van der Waals surface area contributed by atoms with Crippen molar-refractivity contribution in [2.75, 3.05) is 47.8 Å². The van der Waals surface area contributed by atoms with Gasteiger partial charge < -0.3 is 10.2 Å². The van der Waals surface area contributed by atoms with Crippen molar-refractivity contribution in [3.05, 3.63) is 82.9 Å². The maximum atomic E-state index is 13.4. The van der Waals surface area contributed by atoms with Crippen molar-refractivity contribution in [2.45, 2.75) is 18.2 Å². The molecule has 2 aliphatic heterocycles. The minimum Gasteiger partial charge on any atom is -0.369 e. The van der Waals surface area contributed by atoms with E-state index in [1.165, 1.54) is 11.2 Å². The van der Waals surface area contributed by atoms with Crippen LogP contribution in [0.1, 0.15) is 22.8 Å². The Bertz CT molecular complexity index is 1470. The predicted molar refractivity (Wildman–Crippen MR) is 145 cm³/mol. The summed E-state index contributed by atoms with van der Waals surface area (Å²) in [7, 11) is -3.67. The summed E-state index contributed by atoms with van der Waals surface area (Å²) in [6.45, 7) is 3.76. The Morgan fingerprint density at radius 2 is 1.65 bits per heavy atom. The number of anilines is 3. The van der Waals surface area contributed by atoms with Crippen LogP contribution in [0.3, 0.4) is 0 Å². The summed E-state index contributed by atoms with van der Waals surface area (Å²) >= 11 is 6.11. The fourth-order valence-corrected chi connectivity index (χ4v) is 6.50. The van der Waals surface area contributed by atoms with Gasteiger partial charge in [0.1, 0.15) is 0 Å². The Kier molecular flexibility index (Phi) is 6.94. The molecule has 8 nitrogen and oxygen atoms in total. The maximum absolute atomic E-state index is 13.4. The molecule has 1 fully saturated rings. The second-order valence-electron chi connectivity index (χ2n) is 9.10. The molecule has 0 aromatic heterocycles. The third kappa shape index (κ3) is 5.07. The average Bonchev–Trinajstić information content (AvgIpc) is 3.32. The van der Waals surface area contributed by atoms with Gasteiger partial charge >= 0.3 is 6.03 Å². The second kappa shape index (κ2) is 10.2. The monoisotopic (exact) mass is 538 g/mol. The van der Waals surface area contributed by atoms with Gasteiger partial charge in [0.15, 0.2) is 5.78 Å². The van der Waals surface area contributed by atoms with E-state index >= 15 is 0 Å². The molecule has 3 aromatic rings. The van der Waals surface area contributed by atoms with Gasteiger partial charge in [0.25, 0.3) is 0 Å². The van der Waals surface area contributed by atoms with E-state index in [2.05, 4.69) is 10.2 Å². The van der Waals surface area contributed by atoms with E-state index in [0.29, 0.717) is 61.1 Å². The van der Waals surface area contributed by atoms with E-state index in [9.17, 15) is 18.0 Å². The minimum atomic E-state index is -3.67. The molecule has 0 bridgehead atoms. The molecular weight excluding hydrogens is 512 g/mol. The lowest BCUT2D eigenvalue weighted by molar-refractivity contribution is 0.101. The Labute approximate surface area is 221 Å². The number of amides is 2. The topological polar surface area (TPSA) is 90.0 Å². The number of ketones is 1. The van der Waals surface area contributed by atoms with Gasteiger partial charge in [-0.05, 0) is 67.4 Å². The van der Waals surface area contributed by atoms with E-state index in [-0.39, 0.29) is 16.7 Å². The first-order valence-corrected chi connectivity index (χ1v) is 13.9. The lowest BCUT2D eigenvalue weighted by atomic mass is 10.1. The quantitative estimate of drug-likeness (QED) is 0.478. The van der Waals surface area contributed by atoms with Crippen LogP contribution in [-0.4, -0.2) is 57.3 Å². The first-order chi connectivity index (χ1) is 17.7. The summed E-state index contributed by atoms with van der Waals surface area (Å²) in [5, 5.41) is 3.47. The number of rotatable bonds is 5. The van der Waals surface area contributed by atoms with Gasteiger partial charge in [0.2, 0.25) is 10.0 Å². The second-order valence-corrected chi connectivity index (χ2v) is 11.5. The van der Waals surface area contributed by atoms with Crippen molar-refractivity contribution in [1.82, 2.24) is 4.31 Å². The number of piperazine rings is 1. The van der Waals surface area contributed by atoms with Crippen molar-refractivity contribution in [3.63, 3.8) is 0 Å². The highest BCUT2D eigenvalue weighted by molar-refractivity contribution is 7.89. The van der Waals surface area contributed by atoms with Crippen LogP contribution >= 0.6 is 11.6 Å². The molecule has 0 radical (unpaired) electrons. The van der Waals surface area contributed by atoms with Gasteiger partial charge in [0, 0.05) is 54.7 Å². The fraction of sp³-hybridized carbons (Fsp3) is 0.259. The Morgan fingerprint density at radius 3 is 2.38 bits per heavy atom. The smallest absolute Gasteiger partial charge is 0.326 e. The van der Waals surface area contributed by atoms with E-state index in [4.69, 9.17) is 11.6 Å². The number of nitrogens with one attached hydrogen (secondary N) is 1. The summed E-state index contributed by atoms with van der Waals surface area (Å²) in [4.78, 5) is 28.8. The Morgan fingerprint density at radius 1 is 0.892 bits per heavy atom. The third-order valence-electron chi connectivity index (χ3n) is 6.79. The molecule has 37 heavy (non-hydrogen) atoms. The number of Topliss-reactive ketones (excluding diaryl/α,β-unsaturated/α-hetero) is 1. The summed E-state index contributed by atoms with van der Waals surface area (Å²) < 4.78 is 28.3. The highest BCUT2D eigenvalue weighted by atomic mass is 35.5. The zero-order valence-corrected chi connectivity index (χ0v) is 21.9. The number of urea groups is 1. The molecule has 5 rings (SSSR count). The van der Waals surface area contributed by atoms with Gasteiger partial charge in [-0.3, -0.25) is 9.69 Å².